The molecule has 1 saturated heterocycles. The van der Waals surface area contributed by atoms with E-state index in [0.717, 1.165) is 18.4 Å². The molecule has 0 spiro atoms. The van der Waals surface area contributed by atoms with Gasteiger partial charge in [0.2, 0.25) is 5.91 Å². The van der Waals surface area contributed by atoms with Crippen molar-refractivity contribution in [3.8, 4) is 0 Å². The molecular weight excluding hydrogens is 190 g/mol. The molecule has 2 fully saturated rings. The number of hydrogen-bond acceptors (Lipinski definition) is 2. The third-order valence-corrected chi connectivity index (χ3v) is 3.37. The summed E-state index contributed by atoms with van der Waals surface area (Å²) >= 11 is 0. The number of nitrogens with one attached hydrogen (secondary N) is 1. The molecule has 82 valence electrons. The standard InChI is InChI=1S/C12H17NO2/c1-7-5-12(2,3)6-9(7)8-4-10(14)13-11(8)15/h7H,4-6H2,1-3H3,(H,13,14,15). The topological polar surface area (TPSA) is 46.2 Å². The molecule has 0 aromatic heterocycles. The Morgan fingerprint density at radius 1 is 1.33 bits per heavy atom. The van der Waals surface area contributed by atoms with Crippen LogP contribution in [0.3, 0.4) is 0 Å². The lowest BCUT2D eigenvalue weighted by molar-refractivity contribution is -0.124. The van der Waals surface area contributed by atoms with E-state index in [4.69, 9.17) is 0 Å². The van der Waals surface area contributed by atoms with Gasteiger partial charge in [-0.3, -0.25) is 14.9 Å². The van der Waals surface area contributed by atoms with Gasteiger partial charge < -0.3 is 0 Å². The predicted molar refractivity (Wildman–Crippen MR) is 57.0 cm³/mol. The summed E-state index contributed by atoms with van der Waals surface area (Å²) in [6.45, 7) is 6.57. The zero-order valence-corrected chi connectivity index (χ0v) is 9.52. The van der Waals surface area contributed by atoms with E-state index in [-0.39, 0.29) is 23.7 Å². The van der Waals surface area contributed by atoms with Gasteiger partial charge in [0.1, 0.15) is 0 Å². The largest absolute Gasteiger partial charge is 0.292 e. The second kappa shape index (κ2) is 3.19. The Morgan fingerprint density at radius 2 is 2.00 bits per heavy atom. The first-order valence-electron chi connectivity index (χ1n) is 5.45. The lowest BCUT2D eigenvalue weighted by atomic mass is 9.90. The molecule has 0 bridgehead atoms. The highest BCUT2D eigenvalue weighted by Gasteiger charge is 2.37. The average Bonchev–Trinajstić information content (AvgIpc) is 2.52. The van der Waals surface area contributed by atoms with Gasteiger partial charge >= 0.3 is 0 Å². The number of rotatable bonds is 0. The van der Waals surface area contributed by atoms with E-state index in [9.17, 15) is 9.59 Å². The Kier molecular flexibility index (Phi) is 2.21. The van der Waals surface area contributed by atoms with Crippen LogP contribution in [0.4, 0.5) is 0 Å². The molecule has 3 heteroatoms. The first-order chi connectivity index (χ1) is 6.89. The zero-order valence-electron chi connectivity index (χ0n) is 9.52. The SMILES string of the molecule is CC1CC(C)(C)CC1=C1CC(=O)NC1=O. The fourth-order valence-electron chi connectivity index (χ4n) is 2.86. The van der Waals surface area contributed by atoms with Gasteiger partial charge in [0, 0.05) is 5.57 Å². The number of hydrogen-bond donors (Lipinski definition) is 1. The average molecular weight is 207 g/mol. The van der Waals surface area contributed by atoms with E-state index < -0.39 is 0 Å². The Hall–Kier alpha value is -1.12. The number of imide groups is 1. The van der Waals surface area contributed by atoms with Crippen molar-refractivity contribution in [1.29, 1.82) is 0 Å². The summed E-state index contributed by atoms with van der Waals surface area (Å²) in [5, 5.41) is 2.36. The van der Waals surface area contributed by atoms with Gasteiger partial charge in [-0.15, -0.1) is 0 Å². The highest BCUT2D eigenvalue weighted by Crippen LogP contribution is 2.46. The van der Waals surface area contributed by atoms with E-state index >= 15 is 0 Å². The van der Waals surface area contributed by atoms with E-state index in [2.05, 4.69) is 26.1 Å². The molecule has 1 aliphatic carbocycles. The van der Waals surface area contributed by atoms with Gasteiger partial charge in [-0.1, -0.05) is 26.3 Å². The lowest BCUT2D eigenvalue weighted by Crippen LogP contribution is -2.20. The number of allylic oxidation sites excluding steroid dienone is 1. The normalized spacial score (nSPS) is 34.7. The first kappa shape index (κ1) is 10.4. The second-order valence-corrected chi connectivity index (χ2v) is 5.50. The molecule has 1 saturated carbocycles. The summed E-state index contributed by atoms with van der Waals surface area (Å²) in [5.74, 6) is 0.116. The van der Waals surface area contributed by atoms with Crippen LogP contribution in [0, 0.1) is 11.3 Å². The van der Waals surface area contributed by atoms with Gasteiger partial charge in [-0.05, 0) is 24.2 Å². The van der Waals surface area contributed by atoms with Crippen LogP contribution in [-0.4, -0.2) is 11.8 Å². The summed E-state index contributed by atoms with van der Waals surface area (Å²) in [6.07, 6.45) is 2.34. The van der Waals surface area contributed by atoms with Gasteiger partial charge in [-0.2, -0.15) is 0 Å². The number of amides is 2. The fourth-order valence-corrected chi connectivity index (χ4v) is 2.86. The van der Waals surface area contributed by atoms with E-state index in [0.29, 0.717) is 5.92 Å². The predicted octanol–water partition coefficient (Wildman–Crippen LogP) is 1.79. The van der Waals surface area contributed by atoms with Crippen LogP contribution < -0.4 is 5.32 Å². The van der Waals surface area contributed by atoms with E-state index in [1.165, 1.54) is 5.57 Å². The lowest BCUT2D eigenvalue weighted by Gasteiger charge is -2.14. The van der Waals surface area contributed by atoms with Gasteiger partial charge in [0.15, 0.2) is 0 Å². The van der Waals surface area contributed by atoms with Gasteiger partial charge in [0.25, 0.3) is 5.91 Å². The molecule has 1 aliphatic heterocycles. The van der Waals surface area contributed by atoms with Crippen molar-refractivity contribution in [1.82, 2.24) is 5.32 Å². The molecule has 1 heterocycles. The summed E-state index contributed by atoms with van der Waals surface area (Å²) in [7, 11) is 0. The minimum absolute atomic E-state index is 0.153. The van der Waals surface area contributed by atoms with Crippen molar-refractivity contribution < 1.29 is 9.59 Å². The quantitative estimate of drug-likeness (QED) is 0.486. The third kappa shape index (κ3) is 1.83. The molecule has 2 rings (SSSR count). The summed E-state index contributed by atoms with van der Waals surface area (Å²) in [6, 6.07) is 0. The molecule has 0 aromatic rings. The second-order valence-electron chi connectivity index (χ2n) is 5.50. The monoisotopic (exact) mass is 207 g/mol. The molecule has 2 amide bonds. The smallest absolute Gasteiger partial charge is 0.254 e. The van der Waals surface area contributed by atoms with Crippen molar-refractivity contribution in [2.75, 3.05) is 0 Å². The number of carbonyl (C=O) groups excluding carboxylic acids is 2. The summed E-state index contributed by atoms with van der Waals surface area (Å²) in [5.41, 5.74) is 2.20. The molecule has 1 unspecified atom stereocenters. The molecule has 3 nitrogen and oxygen atoms in total. The summed E-state index contributed by atoms with van der Waals surface area (Å²) in [4.78, 5) is 22.7. The van der Waals surface area contributed by atoms with Crippen LogP contribution in [-0.2, 0) is 9.59 Å². The van der Waals surface area contributed by atoms with Crippen molar-refractivity contribution in [3.05, 3.63) is 11.1 Å². The minimum atomic E-state index is -0.167. The Bertz CT molecular complexity index is 366. The highest BCUT2D eigenvalue weighted by atomic mass is 16.2. The van der Waals surface area contributed by atoms with Crippen LogP contribution in [0.5, 0.6) is 0 Å². The van der Waals surface area contributed by atoms with Crippen molar-refractivity contribution in [2.45, 2.75) is 40.0 Å². The van der Waals surface area contributed by atoms with Crippen molar-refractivity contribution in [2.24, 2.45) is 11.3 Å². The molecule has 1 N–H and O–H groups in total. The molecule has 0 radical (unpaired) electrons. The van der Waals surface area contributed by atoms with Crippen LogP contribution in [0.2, 0.25) is 0 Å². The van der Waals surface area contributed by atoms with E-state index in [1.807, 2.05) is 0 Å². The molecule has 15 heavy (non-hydrogen) atoms. The molecule has 1 atom stereocenters. The fraction of sp³-hybridized carbons (Fsp3) is 0.667. The minimum Gasteiger partial charge on any atom is -0.292 e. The van der Waals surface area contributed by atoms with E-state index in [1.54, 1.807) is 0 Å². The van der Waals surface area contributed by atoms with Crippen LogP contribution >= 0.6 is 0 Å². The molecule has 2 aliphatic rings. The highest BCUT2D eigenvalue weighted by molar-refractivity contribution is 6.13. The maximum atomic E-state index is 11.5. The van der Waals surface area contributed by atoms with Crippen molar-refractivity contribution in [3.63, 3.8) is 0 Å². The maximum Gasteiger partial charge on any atom is 0.254 e. The van der Waals surface area contributed by atoms with Crippen LogP contribution in [0.1, 0.15) is 40.0 Å². The Labute approximate surface area is 89.9 Å². The number of carbonyl (C=O) groups is 2. The molecule has 0 aromatic carbocycles. The third-order valence-electron chi connectivity index (χ3n) is 3.37. The first-order valence-corrected chi connectivity index (χ1v) is 5.45. The maximum absolute atomic E-state index is 11.5. The van der Waals surface area contributed by atoms with Crippen molar-refractivity contribution >= 4 is 11.8 Å². The zero-order chi connectivity index (χ0) is 11.2. The van der Waals surface area contributed by atoms with Gasteiger partial charge in [0.05, 0.1) is 6.42 Å². The summed E-state index contributed by atoms with van der Waals surface area (Å²) < 4.78 is 0. The van der Waals surface area contributed by atoms with Crippen LogP contribution in [0.15, 0.2) is 11.1 Å². The van der Waals surface area contributed by atoms with Gasteiger partial charge in [-0.25, -0.2) is 0 Å². The molecular formula is C12H17NO2. The Balaban J connectivity index is 2.34. The van der Waals surface area contributed by atoms with Crippen LogP contribution in [0.25, 0.3) is 0 Å². The Morgan fingerprint density at radius 3 is 2.40 bits per heavy atom.